The van der Waals surface area contributed by atoms with E-state index in [2.05, 4.69) is 10.5 Å². The van der Waals surface area contributed by atoms with Gasteiger partial charge in [-0.2, -0.15) is 5.10 Å². The molecule has 22 heavy (non-hydrogen) atoms. The van der Waals surface area contributed by atoms with Crippen LogP contribution in [0.25, 0.3) is 0 Å². The van der Waals surface area contributed by atoms with E-state index in [1.165, 1.54) is 4.90 Å². The highest BCUT2D eigenvalue weighted by Crippen LogP contribution is 2.09. The van der Waals surface area contributed by atoms with Crippen molar-refractivity contribution in [2.45, 2.75) is 32.7 Å². The first-order valence-electron chi connectivity index (χ1n) is 7.08. The molecule has 0 heterocycles. The molecule has 4 N–H and O–H groups in total. The summed E-state index contributed by atoms with van der Waals surface area (Å²) in [5, 5.41) is 13.5. The van der Waals surface area contributed by atoms with Crippen LogP contribution in [0.5, 0.6) is 0 Å². The minimum Gasteiger partial charge on any atom is -0.465 e. The number of nitrogens with zero attached hydrogens (tertiary/aromatic N) is 2. The van der Waals surface area contributed by atoms with E-state index in [1.807, 2.05) is 44.2 Å². The average Bonchev–Trinajstić information content (AvgIpc) is 2.46. The van der Waals surface area contributed by atoms with E-state index >= 15 is 0 Å². The van der Waals surface area contributed by atoms with Gasteiger partial charge in [0.05, 0.1) is 5.71 Å². The lowest BCUT2D eigenvalue weighted by atomic mass is 10.1. The molecule has 0 aromatic heterocycles. The minimum absolute atomic E-state index is 0.0515. The first-order chi connectivity index (χ1) is 10.4. The van der Waals surface area contributed by atoms with Gasteiger partial charge in [0.15, 0.2) is 5.11 Å². The Morgan fingerprint density at radius 1 is 1.41 bits per heavy atom. The first kappa shape index (κ1) is 17.9. The summed E-state index contributed by atoms with van der Waals surface area (Å²) in [6, 6.07) is 9.60. The number of hydrazone groups is 1. The van der Waals surface area contributed by atoms with Gasteiger partial charge >= 0.3 is 6.09 Å². The van der Waals surface area contributed by atoms with Crippen molar-refractivity contribution in [3.05, 3.63) is 35.9 Å². The number of benzene rings is 1. The Bertz CT molecular complexity index is 532. The van der Waals surface area contributed by atoms with Crippen LogP contribution in [0.1, 0.15) is 32.3 Å². The molecule has 0 unspecified atom stereocenters. The van der Waals surface area contributed by atoms with Crippen molar-refractivity contribution in [1.82, 2.24) is 10.3 Å². The van der Waals surface area contributed by atoms with Crippen molar-refractivity contribution in [1.29, 1.82) is 0 Å². The minimum atomic E-state index is -0.908. The third kappa shape index (κ3) is 6.09. The molecule has 0 bridgehead atoms. The van der Waals surface area contributed by atoms with Crippen LogP contribution < -0.4 is 11.2 Å². The molecule has 0 saturated heterocycles. The van der Waals surface area contributed by atoms with Crippen LogP contribution in [0.15, 0.2) is 35.4 Å². The molecule has 0 atom stereocenters. The van der Waals surface area contributed by atoms with Crippen molar-refractivity contribution in [2.24, 2.45) is 10.8 Å². The van der Waals surface area contributed by atoms with E-state index in [0.717, 1.165) is 11.3 Å². The van der Waals surface area contributed by atoms with Gasteiger partial charge in [0.25, 0.3) is 0 Å². The highest BCUT2D eigenvalue weighted by atomic mass is 32.1. The number of rotatable bonds is 7. The zero-order valence-electron chi connectivity index (χ0n) is 12.8. The van der Waals surface area contributed by atoms with Crippen molar-refractivity contribution >= 4 is 29.1 Å². The number of hydrogen-bond donors (Lipinski definition) is 3. The molecule has 1 rings (SSSR count). The molecule has 0 aliphatic carbocycles. The molecule has 1 aromatic carbocycles. The van der Waals surface area contributed by atoms with Gasteiger partial charge in [-0.05, 0) is 44.5 Å². The Balaban J connectivity index is 2.72. The van der Waals surface area contributed by atoms with Crippen molar-refractivity contribution in [3.8, 4) is 0 Å². The van der Waals surface area contributed by atoms with Crippen molar-refractivity contribution in [3.63, 3.8) is 0 Å². The van der Waals surface area contributed by atoms with Gasteiger partial charge in [0, 0.05) is 12.6 Å². The Morgan fingerprint density at radius 2 is 2.05 bits per heavy atom. The topological polar surface area (TPSA) is 91.0 Å². The molecular formula is C15H22N4O2S. The summed E-state index contributed by atoms with van der Waals surface area (Å²) in [6.45, 7) is 4.16. The highest BCUT2D eigenvalue weighted by molar-refractivity contribution is 7.80. The van der Waals surface area contributed by atoms with E-state index in [9.17, 15) is 4.79 Å². The molecule has 0 radical (unpaired) electrons. The monoisotopic (exact) mass is 322 g/mol. The number of amides is 1. The second-order valence-corrected chi connectivity index (χ2v) is 5.51. The molecule has 7 heteroatoms. The molecule has 1 amide bonds. The fourth-order valence-corrected chi connectivity index (χ4v) is 2.06. The molecule has 0 spiro atoms. The zero-order chi connectivity index (χ0) is 16.5. The number of carboxylic acid groups (broad SMARTS) is 1. The van der Waals surface area contributed by atoms with Gasteiger partial charge in [-0.15, -0.1) is 0 Å². The number of thiocarbonyl (C=S) groups is 1. The first-order valence-corrected chi connectivity index (χ1v) is 7.49. The van der Waals surface area contributed by atoms with E-state index in [4.69, 9.17) is 23.1 Å². The van der Waals surface area contributed by atoms with Crippen LogP contribution in [-0.2, 0) is 0 Å². The van der Waals surface area contributed by atoms with Crippen LogP contribution in [0, 0.1) is 0 Å². The third-order valence-electron chi connectivity index (χ3n) is 3.09. The van der Waals surface area contributed by atoms with Crippen LogP contribution in [-0.4, -0.2) is 39.5 Å². The van der Waals surface area contributed by atoms with E-state index in [-0.39, 0.29) is 11.2 Å². The molecule has 120 valence electrons. The molecule has 0 fully saturated rings. The number of nitrogens with one attached hydrogen (secondary N) is 1. The predicted octanol–water partition coefficient (Wildman–Crippen LogP) is 2.39. The summed E-state index contributed by atoms with van der Waals surface area (Å²) in [7, 11) is 0. The second-order valence-electron chi connectivity index (χ2n) is 5.07. The molecular weight excluding hydrogens is 300 g/mol. The van der Waals surface area contributed by atoms with E-state index < -0.39 is 6.09 Å². The Morgan fingerprint density at radius 3 is 2.55 bits per heavy atom. The third-order valence-corrected chi connectivity index (χ3v) is 3.18. The van der Waals surface area contributed by atoms with Crippen LogP contribution in [0.4, 0.5) is 4.79 Å². The lowest BCUT2D eigenvalue weighted by molar-refractivity contribution is 0.131. The maximum absolute atomic E-state index is 11.2. The Labute approximate surface area is 136 Å². The van der Waals surface area contributed by atoms with Crippen LogP contribution >= 0.6 is 12.2 Å². The van der Waals surface area contributed by atoms with E-state index in [0.29, 0.717) is 19.4 Å². The van der Waals surface area contributed by atoms with Gasteiger partial charge in [0.2, 0.25) is 0 Å². The number of nitrogens with two attached hydrogens (primary N) is 1. The molecule has 0 aliphatic heterocycles. The Kier molecular flexibility index (Phi) is 7.31. The number of carbonyl (C=O) groups is 1. The smallest absolute Gasteiger partial charge is 0.407 e. The summed E-state index contributed by atoms with van der Waals surface area (Å²) in [5.74, 6) is 0. The lowest BCUT2D eigenvalue weighted by Crippen LogP contribution is -2.36. The lowest BCUT2D eigenvalue weighted by Gasteiger charge is -2.23. The average molecular weight is 322 g/mol. The van der Waals surface area contributed by atoms with Crippen molar-refractivity contribution < 1.29 is 9.90 Å². The fourth-order valence-electron chi connectivity index (χ4n) is 2.01. The summed E-state index contributed by atoms with van der Waals surface area (Å²) < 4.78 is 0. The van der Waals surface area contributed by atoms with Gasteiger partial charge in [-0.25, -0.2) is 4.79 Å². The van der Waals surface area contributed by atoms with Crippen LogP contribution in [0.2, 0.25) is 0 Å². The van der Waals surface area contributed by atoms with Gasteiger partial charge < -0.3 is 15.7 Å². The highest BCUT2D eigenvalue weighted by Gasteiger charge is 2.15. The fraction of sp³-hybridized carbons (Fsp3) is 0.400. The largest absolute Gasteiger partial charge is 0.465 e. The second kappa shape index (κ2) is 8.99. The SMILES string of the molecule is CC(C)N(CCC/C(=N/NC(N)=S)c1ccccc1)C(=O)O. The quantitative estimate of drug-likeness (QED) is 0.407. The normalized spacial score (nSPS) is 11.3. The summed E-state index contributed by atoms with van der Waals surface area (Å²) in [5.41, 5.74) is 9.75. The van der Waals surface area contributed by atoms with Gasteiger partial charge in [-0.1, -0.05) is 30.3 Å². The summed E-state index contributed by atoms with van der Waals surface area (Å²) in [4.78, 5) is 12.6. The van der Waals surface area contributed by atoms with E-state index in [1.54, 1.807) is 0 Å². The van der Waals surface area contributed by atoms with Gasteiger partial charge in [0.1, 0.15) is 0 Å². The van der Waals surface area contributed by atoms with Gasteiger partial charge in [-0.3, -0.25) is 5.43 Å². The maximum Gasteiger partial charge on any atom is 0.407 e. The Hall–Kier alpha value is -2.15. The molecule has 0 aliphatic rings. The number of hydrogen-bond acceptors (Lipinski definition) is 3. The standard InChI is InChI=1S/C15H22N4O2S/c1-11(2)19(15(20)21)10-6-9-13(17-18-14(16)22)12-7-4-3-5-8-12/h3-5,7-8,11H,6,9-10H2,1-2H3,(H,20,21)(H3,16,18,22)/b17-13-. The van der Waals surface area contributed by atoms with Crippen molar-refractivity contribution in [2.75, 3.05) is 6.54 Å². The summed E-state index contributed by atoms with van der Waals surface area (Å²) >= 11 is 4.76. The molecule has 6 nitrogen and oxygen atoms in total. The predicted molar refractivity (Wildman–Crippen MR) is 92.0 cm³/mol. The van der Waals surface area contributed by atoms with Crippen LogP contribution in [0.3, 0.4) is 0 Å². The molecule has 0 saturated carbocycles. The molecule has 1 aromatic rings. The zero-order valence-corrected chi connectivity index (χ0v) is 13.6. The summed E-state index contributed by atoms with van der Waals surface area (Å²) in [6.07, 6.45) is 0.377. The maximum atomic E-state index is 11.2.